The number of fused-ring (bicyclic) bond motifs is 1. The second-order valence-electron chi connectivity index (χ2n) is 5.94. The molecule has 3 nitrogen and oxygen atoms in total. The summed E-state index contributed by atoms with van der Waals surface area (Å²) in [4.78, 5) is 2.37. The third-order valence-electron chi connectivity index (χ3n) is 4.19. The molecule has 0 spiro atoms. The Kier molecular flexibility index (Phi) is 6.08. The third kappa shape index (κ3) is 4.14. The zero-order valence-corrected chi connectivity index (χ0v) is 13.8. The first-order valence-electron chi connectivity index (χ1n) is 8.17. The molecule has 22 heavy (non-hydrogen) atoms. The van der Waals surface area contributed by atoms with Gasteiger partial charge in [-0.05, 0) is 37.5 Å². The molecular weight excluding hydrogens is 272 g/mol. The minimum Gasteiger partial charge on any atom is -0.486 e. The molecule has 2 rings (SSSR count). The molecular formula is C19H28N2O. The Hall–Kier alpha value is -1.74. The van der Waals surface area contributed by atoms with Gasteiger partial charge in [-0.15, -0.1) is 13.2 Å². The Bertz CT molecular complexity index is 502. The predicted octanol–water partition coefficient (Wildman–Crippen LogP) is 3.87. The van der Waals surface area contributed by atoms with Crippen molar-refractivity contribution in [2.45, 2.75) is 38.8 Å². The molecule has 0 radical (unpaired) electrons. The van der Waals surface area contributed by atoms with Gasteiger partial charge in [0.2, 0.25) is 0 Å². The summed E-state index contributed by atoms with van der Waals surface area (Å²) in [7, 11) is 0. The number of hydrogen-bond donors (Lipinski definition) is 1. The molecule has 120 valence electrons. The van der Waals surface area contributed by atoms with Crippen LogP contribution in [-0.4, -0.2) is 36.7 Å². The van der Waals surface area contributed by atoms with Crippen LogP contribution in [0.5, 0.6) is 5.75 Å². The van der Waals surface area contributed by atoms with Crippen molar-refractivity contribution >= 4 is 5.69 Å². The SMILES string of the molecule is C=CCN(CC=C)C(C)Cc1ccc2c(c1)NCC(CC)O2. The standard InChI is InChI=1S/C19H28N2O/c1-5-10-21(11-6-2)15(4)12-16-8-9-19-18(13-16)20-14-17(7-3)22-19/h5-6,8-9,13,15,17,20H,1-2,7,10-12,14H2,3-4H3. The molecule has 0 aromatic heterocycles. The lowest BCUT2D eigenvalue weighted by Gasteiger charge is -2.29. The Balaban J connectivity index is 2.04. The molecule has 1 aromatic rings. The van der Waals surface area contributed by atoms with Crippen LogP contribution >= 0.6 is 0 Å². The Morgan fingerprint density at radius 1 is 1.36 bits per heavy atom. The van der Waals surface area contributed by atoms with Gasteiger partial charge in [-0.3, -0.25) is 4.90 Å². The van der Waals surface area contributed by atoms with E-state index in [0.29, 0.717) is 6.04 Å². The summed E-state index contributed by atoms with van der Waals surface area (Å²) in [5.41, 5.74) is 2.45. The normalized spacial score (nSPS) is 18.0. The smallest absolute Gasteiger partial charge is 0.142 e. The molecule has 0 aliphatic carbocycles. The van der Waals surface area contributed by atoms with Crippen molar-refractivity contribution < 1.29 is 4.74 Å². The molecule has 1 N–H and O–H groups in total. The predicted molar refractivity (Wildman–Crippen MR) is 94.8 cm³/mol. The van der Waals surface area contributed by atoms with Gasteiger partial charge in [0.05, 0.1) is 12.2 Å². The van der Waals surface area contributed by atoms with E-state index in [1.807, 2.05) is 12.2 Å². The van der Waals surface area contributed by atoms with Crippen LogP contribution in [0.25, 0.3) is 0 Å². The van der Waals surface area contributed by atoms with Crippen LogP contribution < -0.4 is 10.1 Å². The van der Waals surface area contributed by atoms with E-state index in [-0.39, 0.29) is 6.10 Å². The first kappa shape index (κ1) is 16.6. The van der Waals surface area contributed by atoms with E-state index in [9.17, 15) is 0 Å². The maximum absolute atomic E-state index is 5.97. The van der Waals surface area contributed by atoms with Crippen LogP contribution in [0.2, 0.25) is 0 Å². The fourth-order valence-corrected chi connectivity index (χ4v) is 2.85. The zero-order valence-electron chi connectivity index (χ0n) is 13.8. The Morgan fingerprint density at radius 3 is 2.73 bits per heavy atom. The highest BCUT2D eigenvalue weighted by atomic mass is 16.5. The fourth-order valence-electron chi connectivity index (χ4n) is 2.85. The number of ether oxygens (including phenoxy) is 1. The average molecular weight is 300 g/mol. The van der Waals surface area contributed by atoms with Crippen LogP contribution in [0.15, 0.2) is 43.5 Å². The lowest BCUT2D eigenvalue weighted by Crippen LogP contribution is -2.35. The molecule has 1 aromatic carbocycles. The van der Waals surface area contributed by atoms with Gasteiger partial charge in [0, 0.05) is 19.1 Å². The van der Waals surface area contributed by atoms with Gasteiger partial charge in [-0.25, -0.2) is 0 Å². The summed E-state index contributed by atoms with van der Waals surface area (Å²) in [6, 6.07) is 6.94. The first-order valence-corrected chi connectivity index (χ1v) is 8.17. The Morgan fingerprint density at radius 2 is 2.09 bits per heavy atom. The van der Waals surface area contributed by atoms with Crippen LogP contribution in [0.1, 0.15) is 25.8 Å². The van der Waals surface area contributed by atoms with Crippen molar-refractivity contribution in [3.05, 3.63) is 49.1 Å². The quantitative estimate of drug-likeness (QED) is 0.738. The molecule has 0 fully saturated rings. The first-order chi connectivity index (χ1) is 10.7. The minimum atomic E-state index is 0.285. The lowest BCUT2D eigenvalue weighted by molar-refractivity contribution is 0.201. The lowest BCUT2D eigenvalue weighted by atomic mass is 10.0. The summed E-state index contributed by atoms with van der Waals surface area (Å²) in [5, 5.41) is 3.49. The topological polar surface area (TPSA) is 24.5 Å². The summed E-state index contributed by atoms with van der Waals surface area (Å²) >= 11 is 0. The molecule has 0 saturated heterocycles. The summed E-state index contributed by atoms with van der Waals surface area (Å²) in [6.45, 7) is 14.8. The molecule has 1 aliphatic rings. The van der Waals surface area contributed by atoms with Gasteiger partial charge >= 0.3 is 0 Å². The van der Waals surface area contributed by atoms with Gasteiger partial charge in [0.1, 0.15) is 11.9 Å². The van der Waals surface area contributed by atoms with Crippen LogP contribution in [0.4, 0.5) is 5.69 Å². The summed E-state index contributed by atoms with van der Waals surface area (Å²) in [6.07, 6.45) is 6.23. The largest absolute Gasteiger partial charge is 0.486 e. The molecule has 1 aliphatic heterocycles. The number of nitrogens with zero attached hydrogens (tertiary/aromatic N) is 1. The summed E-state index contributed by atoms with van der Waals surface area (Å²) < 4.78 is 5.97. The highest BCUT2D eigenvalue weighted by Crippen LogP contribution is 2.31. The van der Waals surface area contributed by atoms with Gasteiger partial charge in [-0.2, -0.15) is 0 Å². The van der Waals surface area contributed by atoms with Crippen molar-refractivity contribution in [1.29, 1.82) is 0 Å². The van der Waals surface area contributed by atoms with Gasteiger partial charge < -0.3 is 10.1 Å². The van der Waals surface area contributed by atoms with Gasteiger partial charge in [0.15, 0.2) is 0 Å². The zero-order chi connectivity index (χ0) is 15.9. The Labute approximate surface area is 134 Å². The number of anilines is 1. The second kappa shape index (κ2) is 8.04. The van der Waals surface area contributed by atoms with Crippen molar-refractivity contribution in [2.24, 2.45) is 0 Å². The molecule has 0 bridgehead atoms. The molecule has 1 heterocycles. The van der Waals surface area contributed by atoms with E-state index in [0.717, 1.165) is 43.9 Å². The van der Waals surface area contributed by atoms with E-state index in [4.69, 9.17) is 4.74 Å². The number of nitrogens with one attached hydrogen (secondary N) is 1. The van der Waals surface area contributed by atoms with Crippen molar-refractivity contribution in [3.8, 4) is 5.75 Å². The van der Waals surface area contributed by atoms with Crippen LogP contribution in [0, 0.1) is 0 Å². The molecule has 2 unspecified atom stereocenters. The van der Waals surface area contributed by atoms with Gasteiger partial charge in [-0.1, -0.05) is 25.1 Å². The van der Waals surface area contributed by atoms with E-state index >= 15 is 0 Å². The highest BCUT2D eigenvalue weighted by Gasteiger charge is 2.19. The summed E-state index contributed by atoms with van der Waals surface area (Å²) in [5.74, 6) is 0.976. The average Bonchev–Trinajstić information content (AvgIpc) is 2.54. The third-order valence-corrected chi connectivity index (χ3v) is 4.19. The van der Waals surface area contributed by atoms with Crippen LogP contribution in [0.3, 0.4) is 0 Å². The van der Waals surface area contributed by atoms with E-state index < -0.39 is 0 Å². The fraction of sp³-hybridized carbons (Fsp3) is 0.474. The molecule has 0 amide bonds. The number of hydrogen-bond acceptors (Lipinski definition) is 3. The van der Waals surface area contributed by atoms with E-state index in [1.54, 1.807) is 0 Å². The van der Waals surface area contributed by atoms with Crippen LogP contribution in [-0.2, 0) is 6.42 Å². The maximum atomic E-state index is 5.97. The van der Waals surface area contributed by atoms with E-state index in [1.165, 1.54) is 5.56 Å². The van der Waals surface area contributed by atoms with E-state index in [2.05, 4.69) is 55.4 Å². The maximum Gasteiger partial charge on any atom is 0.142 e. The van der Waals surface area contributed by atoms with Crippen molar-refractivity contribution in [2.75, 3.05) is 25.0 Å². The minimum absolute atomic E-state index is 0.285. The second-order valence-corrected chi connectivity index (χ2v) is 5.94. The number of rotatable bonds is 8. The highest BCUT2D eigenvalue weighted by molar-refractivity contribution is 5.59. The molecule has 2 atom stereocenters. The molecule has 0 saturated carbocycles. The van der Waals surface area contributed by atoms with Gasteiger partial charge in [0.25, 0.3) is 0 Å². The van der Waals surface area contributed by atoms with Crippen molar-refractivity contribution in [1.82, 2.24) is 4.90 Å². The van der Waals surface area contributed by atoms with Crippen molar-refractivity contribution in [3.63, 3.8) is 0 Å². The molecule has 3 heteroatoms. The number of benzene rings is 1. The monoisotopic (exact) mass is 300 g/mol.